The van der Waals surface area contributed by atoms with Crippen LogP contribution in [0.2, 0.25) is 5.02 Å². The van der Waals surface area contributed by atoms with Crippen LogP contribution < -0.4 is 5.32 Å². The fourth-order valence-corrected chi connectivity index (χ4v) is 2.55. The summed E-state index contributed by atoms with van der Waals surface area (Å²) in [4.78, 5) is 7.06. The summed E-state index contributed by atoms with van der Waals surface area (Å²) in [6.07, 6.45) is 3.49. The summed E-state index contributed by atoms with van der Waals surface area (Å²) in [6, 6.07) is 8.01. The SMILES string of the molecule is CCNC(=NCCc1cccc(Cl)c1)N1CCCC1.I. The van der Waals surface area contributed by atoms with E-state index in [2.05, 4.69) is 23.2 Å². The summed E-state index contributed by atoms with van der Waals surface area (Å²) < 4.78 is 0. The fourth-order valence-electron chi connectivity index (χ4n) is 2.34. The summed E-state index contributed by atoms with van der Waals surface area (Å²) in [5.41, 5.74) is 1.24. The Balaban J connectivity index is 0.00000200. The Kier molecular flexibility index (Phi) is 8.30. The van der Waals surface area contributed by atoms with Gasteiger partial charge in [-0.25, -0.2) is 0 Å². The summed E-state index contributed by atoms with van der Waals surface area (Å²) >= 11 is 5.98. The molecule has 20 heavy (non-hydrogen) atoms. The third-order valence-electron chi connectivity index (χ3n) is 3.29. The molecule has 1 saturated heterocycles. The van der Waals surface area contributed by atoms with E-state index in [0.29, 0.717) is 0 Å². The summed E-state index contributed by atoms with van der Waals surface area (Å²) in [5.74, 6) is 1.06. The Morgan fingerprint density at radius 3 is 2.75 bits per heavy atom. The minimum atomic E-state index is 0. The zero-order valence-electron chi connectivity index (χ0n) is 11.9. The first-order chi connectivity index (χ1) is 9.29. The van der Waals surface area contributed by atoms with Gasteiger partial charge in [-0.05, 0) is 43.9 Å². The van der Waals surface area contributed by atoms with Gasteiger partial charge < -0.3 is 10.2 Å². The molecule has 1 heterocycles. The number of rotatable bonds is 4. The van der Waals surface area contributed by atoms with E-state index in [1.54, 1.807) is 0 Å². The third kappa shape index (κ3) is 5.48. The van der Waals surface area contributed by atoms with E-state index in [4.69, 9.17) is 16.6 Å². The largest absolute Gasteiger partial charge is 0.357 e. The van der Waals surface area contributed by atoms with Gasteiger partial charge in [-0.1, -0.05) is 23.7 Å². The molecule has 0 radical (unpaired) electrons. The van der Waals surface area contributed by atoms with E-state index < -0.39 is 0 Å². The predicted molar refractivity (Wildman–Crippen MR) is 97.4 cm³/mol. The zero-order chi connectivity index (χ0) is 13.5. The molecule has 3 nitrogen and oxygen atoms in total. The van der Waals surface area contributed by atoms with Crippen LogP contribution in [0.4, 0.5) is 0 Å². The lowest BCUT2D eigenvalue weighted by Gasteiger charge is -2.20. The molecule has 0 unspecified atom stereocenters. The standard InChI is InChI=1S/C15H22ClN3.HI/c1-2-17-15(19-10-3-4-11-19)18-9-8-13-6-5-7-14(16)12-13;/h5-7,12H,2-4,8-11H2,1H3,(H,17,18);1H. The number of nitrogens with one attached hydrogen (secondary N) is 1. The van der Waals surface area contributed by atoms with E-state index >= 15 is 0 Å². The van der Waals surface area contributed by atoms with E-state index in [9.17, 15) is 0 Å². The van der Waals surface area contributed by atoms with Crippen molar-refractivity contribution in [2.24, 2.45) is 4.99 Å². The number of aliphatic imine (C=N–C) groups is 1. The normalized spacial score (nSPS) is 15.1. The van der Waals surface area contributed by atoms with Crippen molar-refractivity contribution in [3.63, 3.8) is 0 Å². The molecule has 0 aliphatic carbocycles. The van der Waals surface area contributed by atoms with Crippen LogP contribution >= 0.6 is 35.6 Å². The van der Waals surface area contributed by atoms with E-state index in [1.807, 2.05) is 18.2 Å². The molecular weight excluding hydrogens is 385 g/mol. The van der Waals surface area contributed by atoms with Gasteiger partial charge in [0.05, 0.1) is 0 Å². The molecule has 1 aromatic carbocycles. The Bertz CT molecular complexity index is 431. The minimum Gasteiger partial charge on any atom is -0.357 e. The van der Waals surface area contributed by atoms with Crippen molar-refractivity contribution < 1.29 is 0 Å². The van der Waals surface area contributed by atoms with Crippen LogP contribution in [0.5, 0.6) is 0 Å². The Morgan fingerprint density at radius 2 is 2.10 bits per heavy atom. The molecular formula is C15H23ClIN3. The average Bonchev–Trinajstić information content (AvgIpc) is 2.91. The molecule has 0 aromatic heterocycles. The second-order valence-electron chi connectivity index (χ2n) is 4.81. The van der Waals surface area contributed by atoms with Crippen molar-refractivity contribution in [1.29, 1.82) is 0 Å². The molecule has 112 valence electrons. The highest BCUT2D eigenvalue weighted by Gasteiger charge is 2.14. The highest BCUT2D eigenvalue weighted by molar-refractivity contribution is 14.0. The molecule has 1 aliphatic heterocycles. The summed E-state index contributed by atoms with van der Waals surface area (Å²) in [7, 11) is 0. The maximum atomic E-state index is 5.98. The number of hydrogen-bond acceptors (Lipinski definition) is 1. The van der Waals surface area contributed by atoms with Crippen molar-refractivity contribution in [3.05, 3.63) is 34.9 Å². The Morgan fingerprint density at radius 1 is 1.35 bits per heavy atom. The van der Waals surface area contributed by atoms with E-state index in [0.717, 1.165) is 43.6 Å². The van der Waals surface area contributed by atoms with Crippen molar-refractivity contribution in [2.45, 2.75) is 26.2 Å². The van der Waals surface area contributed by atoms with Crippen LogP contribution in [0.1, 0.15) is 25.3 Å². The second-order valence-corrected chi connectivity index (χ2v) is 5.25. The first kappa shape index (κ1) is 17.6. The zero-order valence-corrected chi connectivity index (χ0v) is 15.0. The van der Waals surface area contributed by atoms with Crippen LogP contribution in [0.25, 0.3) is 0 Å². The Labute approximate surface area is 143 Å². The average molecular weight is 408 g/mol. The van der Waals surface area contributed by atoms with Crippen molar-refractivity contribution in [1.82, 2.24) is 10.2 Å². The molecule has 0 amide bonds. The Hall–Kier alpha value is -0.490. The van der Waals surface area contributed by atoms with Gasteiger partial charge in [-0.2, -0.15) is 0 Å². The van der Waals surface area contributed by atoms with E-state index in [1.165, 1.54) is 18.4 Å². The molecule has 1 fully saturated rings. The van der Waals surface area contributed by atoms with E-state index in [-0.39, 0.29) is 24.0 Å². The number of halogens is 2. The van der Waals surface area contributed by atoms with Crippen LogP contribution in [0.3, 0.4) is 0 Å². The smallest absolute Gasteiger partial charge is 0.193 e. The van der Waals surface area contributed by atoms with Gasteiger partial charge in [-0.15, -0.1) is 24.0 Å². The molecule has 1 N–H and O–H groups in total. The molecule has 0 bridgehead atoms. The molecule has 0 spiro atoms. The highest BCUT2D eigenvalue weighted by atomic mass is 127. The van der Waals surface area contributed by atoms with Crippen molar-refractivity contribution in [2.75, 3.05) is 26.2 Å². The molecule has 2 rings (SSSR count). The maximum Gasteiger partial charge on any atom is 0.193 e. The monoisotopic (exact) mass is 407 g/mol. The third-order valence-corrected chi connectivity index (χ3v) is 3.53. The lowest BCUT2D eigenvalue weighted by Crippen LogP contribution is -2.39. The number of benzene rings is 1. The van der Waals surface area contributed by atoms with Crippen LogP contribution in [-0.2, 0) is 6.42 Å². The van der Waals surface area contributed by atoms with Crippen molar-refractivity contribution >= 4 is 41.5 Å². The molecule has 1 aromatic rings. The number of hydrogen-bond donors (Lipinski definition) is 1. The number of guanidine groups is 1. The highest BCUT2D eigenvalue weighted by Crippen LogP contribution is 2.11. The van der Waals surface area contributed by atoms with Gasteiger partial charge in [0, 0.05) is 31.2 Å². The topological polar surface area (TPSA) is 27.6 Å². The second kappa shape index (κ2) is 9.45. The number of nitrogens with zero attached hydrogens (tertiary/aromatic N) is 2. The van der Waals surface area contributed by atoms with Crippen LogP contribution in [-0.4, -0.2) is 37.0 Å². The van der Waals surface area contributed by atoms with Gasteiger partial charge in [0.1, 0.15) is 0 Å². The van der Waals surface area contributed by atoms with Gasteiger partial charge in [0.2, 0.25) is 0 Å². The molecule has 0 saturated carbocycles. The van der Waals surface area contributed by atoms with Gasteiger partial charge in [-0.3, -0.25) is 4.99 Å². The first-order valence-electron chi connectivity index (χ1n) is 7.07. The van der Waals surface area contributed by atoms with Gasteiger partial charge in [0.15, 0.2) is 5.96 Å². The van der Waals surface area contributed by atoms with Crippen molar-refractivity contribution in [3.8, 4) is 0 Å². The van der Waals surface area contributed by atoms with Gasteiger partial charge >= 0.3 is 0 Å². The predicted octanol–water partition coefficient (Wildman–Crippen LogP) is 3.56. The van der Waals surface area contributed by atoms with Crippen LogP contribution in [0, 0.1) is 0 Å². The minimum absolute atomic E-state index is 0. The van der Waals surface area contributed by atoms with Crippen LogP contribution in [0.15, 0.2) is 29.3 Å². The molecule has 5 heteroatoms. The lowest BCUT2D eigenvalue weighted by molar-refractivity contribution is 0.494. The quantitative estimate of drug-likeness (QED) is 0.469. The van der Waals surface area contributed by atoms with Gasteiger partial charge in [0.25, 0.3) is 0 Å². The summed E-state index contributed by atoms with van der Waals surface area (Å²) in [6.45, 7) is 6.10. The molecule has 0 atom stereocenters. The molecule has 1 aliphatic rings. The number of likely N-dealkylation sites (tertiary alicyclic amines) is 1. The fraction of sp³-hybridized carbons (Fsp3) is 0.533. The lowest BCUT2D eigenvalue weighted by atomic mass is 10.1. The first-order valence-corrected chi connectivity index (χ1v) is 7.45. The maximum absolute atomic E-state index is 5.98. The summed E-state index contributed by atoms with van der Waals surface area (Å²) in [5, 5.41) is 4.17.